The molecular weight excluding hydrogens is 262 g/mol. The largest absolute Gasteiger partial charge is 0.380 e. The van der Waals surface area contributed by atoms with E-state index in [1.54, 1.807) is 7.11 Å². The minimum Gasteiger partial charge on any atom is -0.380 e. The molecule has 1 atom stereocenters. The zero-order valence-electron chi connectivity index (χ0n) is 13.3. The molecule has 0 bridgehead atoms. The van der Waals surface area contributed by atoms with Crippen molar-refractivity contribution in [3.05, 3.63) is 36.0 Å². The summed E-state index contributed by atoms with van der Waals surface area (Å²) in [6.07, 6.45) is 0.156. The summed E-state index contributed by atoms with van der Waals surface area (Å²) < 4.78 is 5.29. The highest BCUT2D eigenvalue weighted by Crippen LogP contribution is 2.22. The quantitative estimate of drug-likeness (QED) is 0.821. The van der Waals surface area contributed by atoms with E-state index < -0.39 is 0 Å². The van der Waals surface area contributed by atoms with Gasteiger partial charge in [-0.15, -0.1) is 0 Å². The van der Waals surface area contributed by atoms with Crippen molar-refractivity contribution in [2.45, 2.75) is 39.5 Å². The molecule has 4 nitrogen and oxygen atoms in total. The molecule has 0 radical (unpaired) electrons. The molecule has 1 aromatic carbocycles. The Kier molecular flexibility index (Phi) is 5.53. The Balaban J connectivity index is 2.26. The number of ether oxygens (including phenoxy) is 1. The molecule has 2 aromatic rings. The Morgan fingerprint density at radius 3 is 2.67 bits per heavy atom. The minimum absolute atomic E-state index is 0.156. The summed E-state index contributed by atoms with van der Waals surface area (Å²) in [5, 5.41) is 9.17. The first-order valence-corrected chi connectivity index (χ1v) is 7.49. The zero-order valence-corrected chi connectivity index (χ0v) is 13.3. The molecular formula is C17H25N3O. The van der Waals surface area contributed by atoms with E-state index in [4.69, 9.17) is 9.72 Å². The lowest BCUT2D eigenvalue weighted by Gasteiger charge is -2.15. The Hall–Kier alpha value is -1.65. The number of methoxy groups -OCH3 is 1. The molecule has 0 aliphatic carbocycles. The Labute approximate surface area is 126 Å². The lowest BCUT2D eigenvalue weighted by Crippen LogP contribution is -2.23. The number of nitrogens with one attached hydrogen (secondary N) is 2. The van der Waals surface area contributed by atoms with Crippen molar-refractivity contribution in [2.24, 2.45) is 0 Å². The molecule has 1 heterocycles. The van der Waals surface area contributed by atoms with Gasteiger partial charge in [-0.3, -0.25) is 0 Å². The van der Waals surface area contributed by atoms with Crippen LogP contribution in [-0.4, -0.2) is 30.8 Å². The summed E-state index contributed by atoms with van der Waals surface area (Å²) >= 11 is 0. The van der Waals surface area contributed by atoms with Gasteiger partial charge in [-0.1, -0.05) is 38.1 Å². The van der Waals surface area contributed by atoms with Gasteiger partial charge in [-0.2, -0.15) is 0 Å². The normalized spacial score (nSPS) is 12.8. The zero-order chi connectivity index (χ0) is 15.2. The topological polar surface area (TPSA) is 46.2 Å². The summed E-state index contributed by atoms with van der Waals surface area (Å²) in [5.74, 6) is 0.928. The molecule has 21 heavy (non-hydrogen) atoms. The third-order valence-electron chi connectivity index (χ3n) is 3.44. The van der Waals surface area contributed by atoms with Crippen LogP contribution in [-0.2, 0) is 11.3 Å². The Morgan fingerprint density at radius 1 is 1.19 bits per heavy atom. The van der Waals surface area contributed by atoms with Crippen molar-refractivity contribution < 1.29 is 4.74 Å². The van der Waals surface area contributed by atoms with E-state index in [0.717, 1.165) is 30.0 Å². The van der Waals surface area contributed by atoms with Crippen molar-refractivity contribution >= 4 is 16.6 Å². The van der Waals surface area contributed by atoms with Crippen molar-refractivity contribution in [3.63, 3.8) is 0 Å². The summed E-state index contributed by atoms with van der Waals surface area (Å²) in [4.78, 5) is 4.75. The van der Waals surface area contributed by atoms with Gasteiger partial charge in [0.05, 0.1) is 11.8 Å². The first-order chi connectivity index (χ1) is 10.1. The fraction of sp³-hybridized carbons (Fsp3) is 0.471. The van der Waals surface area contributed by atoms with Gasteiger partial charge >= 0.3 is 0 Å². The molecule has 0 spiro atoms. The van der Waals surface area contributed by atoms with E-state index in [1.165, 1.54) is 5.39 Å². The highest BCUT2D eigenvalue weighted by molar-refractivity contribution is 5.92. The number of rotatable bonds is 7. The van der Waals surface area contributed by atoms with Gasteiger partial charge < -0.3 is 15.4 Å². The van der Waals surface area contributed by atoms with Crippen LogP contribution in [0.15, 0.2) is 30.3 Å². The van der Waals surface area contributed by atoms with Gasteiger partial charge in [0, 0.05) is 31.6 Å². The molecule has 4 heteroatoms. The van der Waals surface area contributed by atoms with Crippen molar-refractivity contribution in [1.82, 2.24) is 10.3 Å². The van der Waals surface area contributed by atoms with Gasteiger partial charge in [-0.25, -0.2) is 4.98 Å². The van der Waals surface area contributed by atoms with Crippen molar-refractivity contribution in [1.29, 1.82) is 0 Å². The number of benzene rings is 1. The fourth-order valence-corrected chi connectivity index (χ4v) is 2.11. The van der Waals surface area contributed by atoms with Crippen molar-refractivity contribution in [2.75, 3.05) is 19.0 Å². The van der Waals surface area contributed by atoms with Gasteiger partial charge in [-0.05, 0) is 18.4 Å². The highest BCUT2D eigenvalue weighted by atomic mass is 16.5. The van der Waals surface area contributed by atoms with E-state index >= 15 is 0 Å². The second kappa shape index (κ2) is 7.38. The van der Waals surface area contributed by atoms with E-state index in [1.807, 2.05) is 13.0 Å². The van der Waals surface area contributed by atoms with Crippen LogP contribution in [0.5, 0.6) is 0 Å². The Morgan fingerprint density at radius 2 is 1.95 bits per heavy atom. The third-order valence-corrected chi connectivity index (χ3v) is 3.44. The van der Waals surface area contributed by atoms with Crippen LogP contribution in [0.2, 0.25) is 0 Å². The van der Waals surface area contributed by atoms with Gasteiger partial charge in [0.25, 0.3) is 0 Å². The maximum atomic E-state index is 5.29. The molecule has 1 unspecified atom stereocenters. The monoisotopic (exact) mass is 287 g/mol. The van der Waals surface area contributed by atoms with Crippen LogP contribution in [0.25, 0.3) is 10.8 Å². The lowest BCUT2D eigenvalue weighted by molar-refractivity contribution is 0.128. The summed E-state index contributed by atoms with van der Waals surface area (Å²) in [6.45, 7) is 7.84. The third kappa shape index (κ3) is 4.41. The lowest BCUT2D eigenvalue weighted by atomic mass is 10.1. The predicted molar refractivity (Wildman–Crippen MR) is 88.7 cm³/mol. The Bertz CT molecular complexity index is 583. The SMILES string of the molecule is COC(C)CNc1nc(CNC(C)C)cc2ccccc12. The fourth-order valence-electron chi connectivity index (χ4n) is 2.11. The van der Waals surface area contributed by atoms with Crippen LogP contribution < -0.4 is 10.6 Å². The molecule has 2 rings (SSSR count). The van der Waals surface area contributed by atoms with Crippen LogP contribution in [0.1, 0.15) is 26.5 Å². The van der Waals surface area contributed by atoms with Gasteiger partial charge in [0.15, 0.2) is 0 Å². The first kappa shape index (κ1) is 15.7. The number of pyridine rings is 1. The average molecular weight is 287 g/mol. The molecule has 0 saturated heterocycles. The number of nitrogens with zero attached hydrogens (tertiary/aromatic N) is 1. The second-order valence-corrected chi connectivity index (χ2v) is 5.65. The number of aromatic nitrogens is 1. The molecule has 0 aliphatic heterocycles. The standard InChI is InChI=1S/C17H25N3O/c1-12(2)18-11-15-9-14-7-5-6-8-16(14)17(20-15)19-10-13(3)21-4/h5-9,12-13,18H,10-11H2,1-4H3,(H,19,20). The van der Waals surface area contributed by atoms with E-state index in [9.17, 15) is 0 Å². The van der Waals surface area contributed by atoms with Crippen LogP contribution >= 0.6 is 0 Å². The number of hydrogen-bond acceptors (Lipinski definition) is 4. The minimum atomic E-state index is 0.156. The number of hydrogen-bond donors (Lipinski definition) is 2. The molecule has 0 amide bonds. The summed E-state index contributed by atoms with van der Waals surface area (Å²) in [6, 6.07) is 10.9. The molecule has 1 aromatic heterocycles. The maximum absolute atomic E-state index is 5.29. The average Bonchev–Trinajstić information content (AvgIpc) is 2.50. The summed E-state index contributed by atoms with van der Waals surface area (Å²) in [5.41, 5.74) is 1.05. The number of anilines is 1. The van der Waals surface area contributed by atoms with E-state index in [0.29, 0.717) is 6.04 Å². The van der Waals surface area contributed by atoms with E-state index in [-0.39, 0.29) is 6.10 Å². The van der Waals surface area contributed by atoms with Gasteiger partial charge in [0.1, 0.15) is 5.82 Å². The van der Waals surface area contributed by atoms with E-state index in [2.05, 4.69) is 48.7 Å². The molecule has 2 N–H and O–H groups in total. The molecule has 0 fully saturated rings. The smallest absolute Gasteiger partial charge is 0.134 e. The molecule has 0 aliphatic rings. The van der Waals surface area contributed by atoms with Crippen LogP contribution in [0, 0.1) is 0 Å². The first-order valence-electron chi connectivity index (χ1n) is 7.49. The molecule has 0 saturated carbocycles. The highest BCUT2D eigenvalue weighted by Gasteiger charge is 2.07. The maximum Gasteiger partial charge on any atom is 0.134 e. The van der Waals surface area contributed by atoms with Crippen molar-refractivity contribution in [3.8, 4) is 0 Å². The van der Waals surface area contributed by atoms with Crippen LogP contribution in [0.4, 0.5) is 5.82 Å². The summed E-state index contributed by atoms with van der Waals surface area (Å²) in [7, 11) is 1.72. The van der Waals surface area contributed by atoms with Crippen LogP contribution in [0.3, 0.4) is 0 Å². The molecule has 114 valence electrons. The number of fused-ring (bicyclic) bond motifs is 1. The second-order valence-electron chi connectivity index (χ2n) is 5.65. The predicted octanol–water partition coefficient (Wildman–Crippen LogP) is 3.18. The van der Waals surface area contributed by atoms with Gasteiger partial charge in [0.2, 0.25) is 0 Å².